The molecule has 1 aromatic heterocycles. The standard InChI is InChI=1S/C17H18N2O4/c1-10-5-6-13-11(8-10)12(9-15(20)18-13)16(21)19-7-3-4-14(19)17(22)23-2/h5-6,8-9,14H,3-4,7H2,1-2H3,(H,18,20). The van der Waals surface area contributed by atoms with Gasteiger partial charge < -0.3 is 14.6 Å². The third-order valence-electron chi connectivity index (χ3n) is 4.22. The van der Waals surface area contributed by atoms with E-state index in [1.165, 1.54) is 18.1 Å². The molecule has 1 amide bonds. The highest BCUT2D eigenvalue weighted by molar-refractivity contribution is 6.07. The zero-order valence-electron chi connectivity index (χ0n) is 13.1. The summed E-state index contributed by atoms with van der Waals surface area (Å²) in [5.74, 6) is -0.722. The molecule has 0 aliphatic carbocycles. The minimum absolute atomic E-state index is 0.306. The fourth-order valence-corrected chi connectivity index (χ4v) is 3.09. The smallest absolute Gasteiger partial charge is 0.328 e. The van der Waals surface area contributed by atoms with Crippen molar-refractivity contribution in [2.45, 2.75) is 25.8 Å². The van der Waals surface area contributed by atoms with Gasteiger partial charge in [-0.25, -0.2) is 4.79 Å². The van der Waals surface area contributed by atoms with Gasteiger partial charge in [0.05, 0.1) is 12.7 Å². The molecular weight excluding hydrogens is 296 g/mol. The van der Waals surface area contributed by atoms with Gasteiger partial charge in [0.25, 0.3) is 5.91 Å². The SMILES string of the molecule is COC(=O)C1CCCN1C(=O)c1cc(=O)[nH]c2ccc(C)cc12. The van der Waals surface area contributed by atoms with Gasteiger partial charge in [0.2, 0.25) is 5.56 Å². The van der Waals surface area contributed by atoms with Gasteiger partial charge in [0.15, 0.2) is 0 Å². The van der Waals surface area contributed by atoms with Gasteiger partial charge in [-0.05, 0) is 31.9 Å². The molecule has 1 atom stereocenters. The number of ether oxygens (including phenoxy) is 1. The molecule has 1 aliphatic rings. The third kappa shape index (κ3) is 2.72. The van der Waals surface area contributed by atoms with Crippen molar-refractivity contribution in [3.05, 3.63) is 45.7 Å². The van der Waals surface area contributed by atoms with E-state index < -0.39 is 12.0 Å². The van der Waals surface area contributed by atoms with E-state index in [0.717, 1.165) is 12.0 Å². The number of aryl methyl sites for hydroxylation is 1. The lowest BCUT2D eigenvalue weighted by atomic mass is 10.0. The molecule has 1 aliphatic heterocycles. The molecule has 0 spiro atoms. The summed E-state index contributed by atoms with van der Waals surface area (Å²) in [6.07, 6.45) is 1.32. The Labute approximate surface area is 133 Å². The number of H-pyrrole nitrogens is 1. The molecular formula is C17H18N2O4. The highest BCUT2D eigenvalue weighted by atomic mass is 16.5. The Morgan fingerprint density at radius 1 is 1.30 bits per heavy atom. The molecule has 1 fully saturated rings. The summed E-state index contributed by atoms with van der Waals surface area (Å²) in [5, 5.41) is 0.685. The maximum absolute atomic E-state index is 12.9. The largest absolute Gasteiger partial charge is 0.467 e. The van der Waals surface area contributed by atoms with Crippen molar-refractivity contribution in [1.29, 1.82) is 0 Å². The predicted molar refractivity (Wildman–Crippen MR) is 85.4 cm³/mol. The Kier molecular flexibility index (Phi) is 3.90. The lowest BCUT2D eigenvalue weighted by Crippen LogP contribution is -2.41. The van der Waals surface area contributed by atoms with Gasteiger partial charge in [-0.15, -0.1) is 0 Å². The number of rotatable bonds is 2. The Bertz CT molecular complexity index is 840. The van der Waals surface area contributed by atoms with E-state index in [0.29, 0.717) is 29.4 Å². The molecule has 0 radical (unpaired) electrons. The van der Waals surface area contributed by atoms with Crippen LogP contribution < -0.4 is 5.56 Å². The molecule has 1 unspecified atom stereocenters. The quantitative estimate of drug-likeness (QED) is 0.854. The Morgan fingerprint density at radius 2 is 2.09 bits per heavy atom. The lowest BCUT2D eigenvalue weighted by molar-refractivity contribution is -0.145. The van der Waals surface area contributed by atoms with Crippen LogP contribution in [-0.2, 0) is 9.53 Å². The number of benzene rings is 1. The van der Waals surface area contributed by atoms with Crippen molar-refractivity contribution < 1.29 is 14.3 Å². The first-order valence-corrected chi connectivity index (χ1v) is 7.54. The third-order valence-corrected chi connectivity index (χ3v) is 4.22. The molecule has 1 aromatic carbocycles. The number of pyridine rings is 1. The summed E-state index contributed by atoms with van der Waals surface area (Å²) in [6.45, 7) is 2.41. The number of hydrogen-bond donors (Lipinski definition) is 1. The molecule has 0 saturated carbocycles. The number of carbonyl (C=O) groups excluding carboxylic acids is 2. The van der Waals surface area contributed by atoms with Crippen molar-refractivity contribution in [1.82, 2.24) is 9.88 Å². The number of nitrogens with one attached hydrogen (secondary N) is 1. The highest BCUT2D eigenvalue weighted by Crippen LogP contribution is 2.24. The molecule has 3 rings (SSSR count). The Balaban J connectivity index is 2.09. The van der Waals surface area contributed by atoms with Crippen LogP contribution in [0.1, 0.15) is 28.8 Å². The number of carbonyl (C=O) groups is 2. The molecule has 23 heavy (non-hydrogen) atoms. The number of aromatic amines is 1. The number of fused-ring (bicyclic) bond motifs is 1. The summed E-state index contributed by atoms with van der Waals surface area (Å²) < 4.78 is 4.78. The predicted octanol–water partition coefficient (Wildman–Crippen LogP) is 1.61. The number of nitrogens with zero attached hydrogens (tertiary/aromatic N) is 1. The number of amides is 1. The normalized spacial score (nSPS) is 17.5. The van der Waals surface area contributed by atoms with Crippen LogP contribution in [0.3, 0.4) is 0 Å². The number of aromatic nitrogens is 1. The summed E-state index contributed by atoms with van der Waals surface area (Å²) in [7, 11) is 1.31. The molecule has 0 bridgehead atoms. The molecule has 1 saturated heterocycles. The first-order chi connectivity index (χ1) is 11.0. The van der Waals surface area contributed by atoms with Crippen LogP contribution in [0.4, 0.5) is 0 Å². The van der Waals surface area contributed by atoms with Gasteiger partial charge in [-0.2, -0.15) is 0 Å². The van der Waals surface area contributed by atoms with Crippen LogP contribution in [0, 0.1) is 6.92 Å². The van der Waals surface area contributed by atoms with Gasteiger partial charge in [-0.1, -0.05) is 11.6 Å². The molecule has 6 heteroatoms. The second-order valence-electron chi connectivity index (χ2n) is 5.78. The molecule has 120 valence electrons. The van der Waals surface area contributed by atoms with Crippen LogP contribution in [-0.4, -0.2) is 41.5 Å². The summed E-state index contributed by atoms with van der Waals surface area (Å²) in [5.41, 5.74) is 1.59. The maximum Gasteiger partial charge on any atom is 0.328 e. The molecule has 2 heterocycles. The van der Waals surface area contributed by atoms with E-state index in [9.17, 15) is 14.4 Å². The van der Waals surface area contributed by atoms with Gasteiger partial charge in [0, 0.05) is 23.5 Å². The van der Waals surface area contributed by atoms with E-state index in [1.807, 2.05) is 19.1 Å². The average molecular weight is 314 g/mol. The number of methoxy groups -OCH3 is 1. The summed E-state index contributed by atoms with van der Waals surface area (Å²) in [6, 6.07) is 6.24. The number of likely N-dealkylation sites (tertiary alicyclic amines) is 1. The minimum atomic E-state index is -0.577. The van der Waals surface area contributed by atoms with E-state index in [2.05, 4.69) is 4.98 Å². The molecule has 2 aromatic rings. The van der Waals surface area contributed by atoms with Gasteiger partial charge >= 0.3 is 5.97 Å². The number of esters is 1. The first kappa shape index (κ1) is 15.3. The first-order valence-electron chi connectivity index (χ1n) is 7.54. The van der Waals surface area contributed by atoms with Crippen molar-refractivity contribution >= 4 is 22.8 Å². The van der Waals surface area contributed by atoms with E-state index >= 15 is 0 Å². The van der Waals surface area contributed by atoms with Crippen LogP contribution >= 0.6 is 0 Å². The Hall–Kier alpha value is -2.63. The molecule has 6 nitrogen and oxygen atoms in total. The Morgan fingerprint density at radius 3 is 2.83 bits per heavy atom. The second kappa shape index (κ2) is 5.87. The van der Waals surface area contributed by atoms with Crippen LogP contribution in [0.25, 0.3) is 10.9 Å². The highest BCUT2D eigenvalue weighted by Gasteiger charge is 2.35. The molecule has 1 N–H and O–H groups in total. The number of hydrogen-bond acceptors (Lipinski definition) is 4. The fraction of sp³-hybridized carbons (Fsp3) is 0.353. The van der Waals surface area contributed by atoms with Crippen LogP contribution in [0.2, 0.25) is 0 Å². The van der Waals surface area contributed by atoms with Gasteiger partial charge in [0.1, 0.15) is 6.04 Å². The average Bonchev–Trinajstić information content (AvgIpc) is 3.02. The zero-order chi connectivity index (χ0) is 16.6. The summed E-state index contributed by atoms with van der Waals surface area (Å²) in [4.78, 5) is 40.9. The van der Waals surface area contributed by atoms with E-state index in [-0.39, 0.29) is 11.5 Å². The van der Waals surface area contributed by atoms with E-state index in [1.54, 1.807) is 6.07 Å². The van der Waals surface area contributed by atoms with Crippen molar-refractivity contribution in [2.24, 2.45) is 0 Å². The topological polar surface area (TPSA) is 79.5 Å². The summed E-state index contributed by atoms with van der Waals surface area (Å²) >= 11 is 0. The lowest BCUT2D eigenvalue weighted by Gasteiger charge is -2.23. The zero-order valence-corrected chi connectivity index (χ0v) is 13.1. The van der Waals surface area contributed by atoms with Crippen molar-refractivity contribution in [3.8, 4) is 0 Å². The van der Waals surface area contributed by atoms with Crippen molar-refractivity contribution in [2.75, 3.05) is 13.7 Å². The minimum Gasteiger partial charge on any atom is -0.467 e. The van der Waals surface area contributed by atoms with Crippen LogP contribution in [0.5, 0.6) is 0 Å². The maximum atomic E-state index is 12.9. The van der Waals surface area contributed by atoms with Crippen LogP contribution in [0.15, 0.2) is 29.1 Å². The van der Waals surface area contributed by atoms with Crippen molar-refractivity contribution in [3.63, 3.8) is 0 Å². The van der Waals surface area contributed by atoms with Gasteiger partial charge in [-0.3, -0.25) is 9.59 Å². The van der Waals surface area contributed by atoms with E-state index in [4.69, 9.17) is 4.74 Å². The fourth-order valence-electron chi connectivity index (χ4n) is 3.09. The monoisotopic (exact) mass is 314 g/mol. The second-order valence-corrected chi connectivity index (χ2v) is 5.78.